The van der Waals surface area contributed by atoms with Crippen molar-refractivity contribution in [1.29, 1.82) is 0 Å². The van der Waals surface area contributed by atoms with Crippen molar-refractivity contribution < 1.29 is 9.15 Å². The Balaban J connectivity index is 2.37. The van der Waals surface area contributed by atoms with Gasteiger partial charge in [-0.3, -0.25) is 0 Å². The van der Waals surface area contributed by atoms with Gasteiger partial charge in [0.1, 0.15) is 7.05 Å². The summed E-state index contributed by atoms with van der Waals surface area (Å²) in [4.78, 5) is 8.42. The van der Waals surface area contributed by atoms with Gasteiger partial charge in [-0.25, -0.2) is 9.98 Å². The van der Waals surface area contributed by atoms with Gasteiger partial charge in [0.25, 0.3) is 5.82 Å². The van der Waals surface area contributed by atoms with Gasteiger partial charge in [-0.15, -0.1) is 9.15 Å². The summed E-state index contributed by atoms with van der Waals surface area (Å²) in [6, 6.07) is 0. The van der Waals surface area contributed by atoms with Gasteiger partial charge < -0.3 is 0 Å². The van der Waals surface area contributed by atoms with Gasteiger partial charge in [-0.1, -0.05) is 6.92 Å². The molecule has 0 saturated carbocycles. The molecular weight excluding hydrogens is 176 g/mol. The highest BCUT2D eigenvalue weighted by atomic mass is 15.3. The van der Waals surface area contributed by atoms with Crippen molar-refractivity contribution >= 4 is 24.9 Å². The molecule has 0 saturated heterocycles. The van der Waals surface area contributed by atoms with E-state index >= 15 is 0 Å². The second-order valence-electron chi connectivity index (χ2n) is 3.31. The van der Waals surface area contributed by atoms with Crippen LogP contribution in [0.15, 0.2) is 21.6 Å². The molecule has 0 atom stereocenters. The fraction of sp³-hybridized carbons (Fsp3) is 0.400. The molecule has 2 rings (SSSR count). The lowest BCUT2D eigenvalue weighted by molar-refractivity contribution is -0.628. The Morgan fingerprint density at radius 1 is 1.21 bits per heavy atom. The van der Waals surface area contributed by atoms with Crippen LogP contribution in [-0.4, -0.2) is 47.6 Å². The molecule has 0 aromatic carbocycles. The van der Waals surface area contributed by atoms with Gasteiger partial charge >= 0.3 is 5.82 Å². The van der Waals surface area contributed by atoms with Crippen molar-refractivity contribution in [3.63, 3.8) is 0 Å². The van der Waals surface area contributed by atoms with Crippen molar-refractivity contribution in [3.05, 3.63) is 11.6 Å². The van der Waals surface area contributed by atoms with Gasteiger partial charge in [0.15, 0.2) is 6.54 Å². The Labute approximate surface area is 83.3 Å². The normalized spacial score (nSPS) is 19.3. The van der Waals surface area contributed by atoms with Gasteiger partial charge in [0.05, 0.1) is 0 Å². The lowest BCUT2D eigenvalue weighted by atomic mass is 10.4. The molecule has 0 bridgehead atoms. The minimum Gasteiger partial charge on any atom is -0.224 e. The van der Waals surface area contributed by atoms with E-state index in [9.17, 15) is 0 Å². The van der Waals surface area contributed by atoms with Gasteiger partial charge in [0, 0.05) is 18.9 Å². The number of aliphatic imine (C=N–C) groups is 2. The smallest absolute Gasteiger partial charge is 0.224 e. The average Bonchev–Trinajstić information content (AvgIpc) is 2.76. The van der Waals surface area contributed by atoms with Crippen LogP contribution < -0.4 is 0 Å². The highest BCUT2D eigenvalue weighted by Crippen LogP contribution is 2.13. The fourth-order valence-electron chi connectivity index (χ4n) is 1.59. The molecule has 0 aliphatic carbocycles. The summed E-state index contributed by atoms with van der Waals surface area (Å²) in [5.41, 5.74) is 0. The molecule has 2 aliphatic heterocycles. The third-order valence-electron chi connectivity index (χ3n) is 2.20. The summed E-state index contributed by atoms with van der Waals surface area (Å²) in [6.45, 7) is 3.17. The average molecular weight is 190 g/mol. The van der Waals surface area contributed by atoms with Crippen LogP contribution in [-0.2, 0) is 0 Å². The molecule has 0 aromatic heterocycles. The van der Waals surface area contributed by atoms with Gasteiger partial charge in [-0.05, 0) is 0 Å². The summed E-state index contributed by atoms with van der Waals surface area (Å²) in [5, 5.41) is 0. The van der Waals surface area contributed by atoms with Crippen LogP contribution in [0.3, 0.4) is 0 Å². The first-order valence-electron chi connectivity index (χ1n) is 4.81. The molecule has 2 heterocycles. The van der Waals surface area contributed by atoms with E-state index in [2.05, 4.69) is 27.7 Å². The van der Waals surface area contributed by atoms with Crippen LogP contribution in [0.1, 0.15) is 13.3 Å². The summed E-state index contributed by atoms with van der Waals surface area (Å²) >= 11 is 0. The first-order valence-corrected chi connectivity index (χ1v) is 4.81. The van der Waals surface area contributed by atoms with Crippen molar-refractivity contribution in [2.24, 2.45) is 9.98 Å². The highest BCUT2D eigenvalue weighted by molar-refractivity contribution is 6.18. The van der Waals surface area contributed by atoms with Crippen molar-refractivity contribution in [3.8, 4) is 0 Å². The Bertz CT molecular complexity index is 382. The Morgan fingerprint density at radius 3 is 2.57 bits per heavy atom. The third-order valence-corrected chi connectivity index (χ3v) is 2.20. The first-order chi connectivity index (χ1) is 6.83. The van der Waals surface area contributed by atoms with E-state index in [1.165, 1.54) is 0 Å². The van der Waals surface area contributed by atoms with Crippen LogP contribution >= 0.6 is 0 Å². The summed E-state index contributed by atoms with van der Waals surface area (Å²) < 4.78 is 4.22. The number of rotatable bonds is 2. The van der Waals surface area contributed by atoms with Crippen LogP contribution in [0.25, 0.3) is 0 Å². The molecular formula is C10H14N4+2. The number of hydrogen-bond donors (Lipinski definition) is 0. The van der Waals surface area contributed by atoms with Gasteiger partial charge in [-0.2, -0.15) is 0 Å². The molecule has 4 nitrogen and oxygen atoms in total. The second kappa shape index (κ2) is 3.65. The Kier molecular flexibility index (Phi) is 2.35. The zero-order chi connectivity index (χ0) is 9.97. The quantitative estimate of drug-likeness (QED) is 0.567. The molecule has 0 N–H and O–H groups in total. The monoisotopic (exact) mass is 190 g/mol. The number of nitrogens with zero attached hydrogens (tertiary/aromatic N) is 4. The van der Waals surface area contributed by atoms with Crippen LogP contribution in [0, 0.1) is 0 Å². The van der Waals surface area contributed by atoms with E-state index in [1.54, 1.807) is 12.4 Å². The molecule has 0 unspecified atom stereocenters. The predicted molar refractivity (Wildman–Crippen MR) is 57.7 cm³/mol. The standard InChI is InChI=1S/C10H14N4/c1-3-6-14-8-7-13(2)10(14)9-11-4-5-12-9/h4-5,7-8H,3,6H2,1-2H3/q+2. The lowest BCUT2D eigenvalue weighted by Crippen LogP contribution is -2.16. The highest BCUT2D eigenvalue weighted by Gasteiger charge is 2.33. The molecule has 0 amide bonds. The zero-order valence-corrected chi connectivity index (χ0v) is 8.51. The Hall–Kier alpha value is -1.58. The topological polar surface area (TPSA) is 30.7 Å². The largest absolute Gasteiger partial charge is 0.489 e. The van der Waals surface area contributed by atoms with E-state index in [0.717, 1.165) is 24.6 Å². The zero-order valence-electron chi connectivity index (χ0n) is 8.51. The summed E-state index contributed by atoms with van der Waals surface area (Å²) in [5.74, 6) is 1.86. The van der Waals surface area contributed by atoms with E-state index in [-0.39, 0.29) is 0 Å². The second-order valence-corrected chi connectivity index (χ2v) is 3.31. The SMILES string of the molecule is CCC[N+]1=CC=[N+](C)C1=C1N=CC=N1. The maximum Gasteiger partial charge on any atom is 0.489 e. The minimum absolute atomic E-state index is 0.797. The molecule has 0 spiro atoms. The van der Waals surface area contributed by atoms with E-state index in [0.29, 0.717) is 0 Å². The molecule has 0 radical (unpaired) electrons. The van der Waals surface area contributed by atoms with E-state index in [4.69, 9.17) is 0 Å². The van der Waals surface area contributed by atoms with Crippen molar-refractivity contribution in [2.45, 2.75) is 13.3 Å². The fourth-order valence-corrected chi connectivity index (χ4v) is 1.59. The Morgan fingerprint density at radius 2 is 1.93 bits per heavy atom. The van der Waals surface area contributed by atoms with Crippen LogP contribution in [0.2, 0.25) is 0 Å². The molecule has 2 aliphatic rings. The van der Waals surface area contributed by atoms with Crippen molar-refractivity contribution in [1.82, 2.24) is 0 Å². The van der Waals surface area contributed by atoms with E-state index < -0.39 is 0 Å². The van der Waals surface area contributed by atoms with E-state index in [1.807, 2.05) is 17.8 Å². The lowest BCUT2D eigenvalue weighted by Gasteiger charge is -1.95. The minimum atomic E-state index is 0.797. The first kappa shape index (κ1) is 8.99. The molecule has 0 aromatic rings. The van der Waals surface area contributed by atoms with Crippen LogP contribution in [0.5, 0.6) is 0 Å². The molecule has 4 heteroatoms. The molecule has 14 heavy (non-hydrogen) atoms. The third kappa shape index (κ3) is 1.43. The van der Waals surface area contributed by atoms with Crippen LogP contribution in [0.4, 0.5) is 0 Å². The molecule has 72 valence electrons. The maximum absolute atomic E-state index is 4.21. The summed E-state index contributed by atoms with van der Waals surface area (Å²) in [7, 11) is 2.01. The van der Waals surface area contributed by atoms with Crippen molar-refractivity contribution in [2.75, 3.05) is 13.6 Å². The predicted octanol–water partition coefficient (Wildman–Crippen LogP) is 0.488. The maximum atomic E-state index is 4.21. The molecule has 0 fully saturated rings. The number of hydrogen-bond acceptors (Lipinski definition) is 2. The van der Waals surface area contributed by atoms with Gasteiger partial charge in [0.2, 0.25) is 12.4 Å². The summed E-state index contributed by atoms with van der Waals surface area (Å²) in [6.07, 6.45) is 8.65.